The molecule has 12 heteroatoms. The number of carbonyl (C=O) groups is 3. The van der Waals surface area contributed by atoms with Gasteiger partial charge in [0.1, 0.15) is 12.7 Å². The highest BCUT2D eigenvalue weighted by Gasteiger charge is 2.28. The van der Waals surface area contributed by atoms with E-state index >= 15 is 0 Å². The fourth-order valence-electron chi connectivity index (χ4n) is 8.55. The van der Waals surface area contributed by atoms with Crippen LogP contribution in [0.15, 0.2) is 36.5 Å². The lowest BCUT2D eigenvalue weighted by molar-refractivity contribution is -0.161. The molecule has 0 aromatic carbocycles. The molecule has 2 N–H and O–H groups in total. The Labute approximate surface area is 441 Å². The molecule has 0 saturated carbocycles. The van der Waals surface area contributed by atoms with Gasteiger partial charge in [0, 0.05) is 19.3 Å². The number of esters is 3. The third-order valence-electron chi connectivity index (χ3n) is 13.1. The molecule has 0 amide bonds. The van der Waals surface area contributed by atoms with Crippen molar-refractivity contribution in [1.82, 2.24) is 0 Å². The minimum absolute atomic E-state index is 0.152. The highest BCUT2D eigenvalue weighted by Crippen LogP contribution is 2.43. The van der Waals surface area contributed by atoms with E-state index in [2.05, 4.69) is 57.2 Å². The Morgan fingerprint density at radius 3 is 1.11 bits per heavy atom. The standard InChI is InChI=1S/C60H111O11P/c1-4-7-10-13-16-19-22-25-27-28-30-32-34-37-40-43-46-49-58(62)67-53-57(71-60(64)51-48-45-42-39-36-33-29-26-23-20-17-14-11-8-5-2)55-69-72(65,66)68-54-56(52-61)70-59(63)50-47-44-41-38-35-31-24-21-18-15-12-9-6-3/h8,11,17,20,26,29,56-57,61H,4-7,9-10,12-16,18-19,21-25,27-28,30-55H2,1-3H3,(H,65,66)/b11-8-,20-17-,29-26-. The van der Waals surface area contributed by atoms with Crippen molar-refractivity contribution >= 4 is 25.7 Å². The van der Waals surface area contributed by atoms with E-state index in [4.69, 9.17) is 23.3 Å². The van der Waals surface area contributed by atoms with Crippen LogP contribution in [0.4, 0.5) is 0 Å². The maximum Gasteiger partial charge on any atom is 0.472 e. The molecule has 0 spiro atoms. The molecule has 0 aliphatic heterocycles. The van der Waals surface area contributed by atoms with Crippen LogP contribution in [0.5, 0.6) is 0 Å². The fraction of sp³-hybridized carbons (Fsp3) is 0.850. The van der Waals surface area contributed by atoms with Crippen LogP contribution in [0.25, 0.3) is 0 Å². The first-order chi connectivity index (χ1) is 35.2. The van der Waals surface area contributed by atoms with E-state index in [1.54, 1.807) is 0 Å². The summed E-state index contributed by atoms with van der Waals surface area (Å²) in [6, 6.07) is 0. The van der Waals surface area contributed by atoms with Crippen molar-refractivity contribution in [2.45, 2.75) is 303 Å². The van der Waals surface area contributed by atoms with Crippen molar-refractivity contribution in [2.75, 3.05) is 26.4 Å². The SMILES string of the molecule is CC/C=C\C/C=C\C/C=C\CCCCCCCC(=O)OC(COC(=O)CCCCCCCCCCCCCCCCCCC)COP(=O)(O)OCC(CO)OC(=O)CCCCCCCCCCCCCCC. The molecule has 0 aromatic rings. The largest absolute Gasteiger partial charge is 0.472 e. The molecule has 72 heavy (non-hydrogen) atoms. The van der Waals surface area contributed by atoms with Gasteiger partial charge in [-0.25, -0.2) is 4.57 Å². The van der Waals surface area contributed by atoms with Crippen LogP contribution in [-0.4, -0.2) is 66.5 Å². The van der Waals surface area contributed by atoms with Crippen LogP contribution in [0, 0.1) is 0 Å². The van der Waals surface area contributed by atoms with E-state index in [1.807, 2.05) is 0 Å². The molecule has 0 fully saturated rings. The maximum absolute atomic E-state index is 12.9. The number of aliphatic hydroxyl groups excluding tert-OH is 1. The molecule has 0 aliphatic carbocycles. The van der Waals surface area contributed by atoms with Crippen molar-refractivity contribution in [2.24, 2.45) is 0 Å². The Balaban J connectivity index is 4.69. The molecule has 0 rings (SSSR count). The Morgan fingerprint density at radius 2 is 0.722 bits per heavy atom. The maximum atomic E-state index is 12.9. The molecule has 422 valence electrons. The van der Waals surface area contributed by atoms with Gasteiger partial charge in [-0.2, -0.15) is 0 Å². The lowest BCUT2D eigenvalue weighted by atomic mass is 10.0. The van der Waals surface area contributed by atoms with Crippen LogP contribution in [0.2, 0.25) is 0 Å². The molecule has 3 unspecified atom stereocenters. The van der Waals surface area contributed by atoms with Gasteiger partial charge in [-0.1, -0.05) is 256 Å². The van der Waals surface area contributed by atoms with Gasteiger partial charge in [0.15, 0.2) is 6.10 Å². The fourth-order valence-corrected chi connectivity index (χ4v) is 9.33. The van der Waals surface area contributed by atoms with Crippen molar-refractivity contribution in [3.05, 3.63) is 36.5 Å². The van der Waals surface area contributed by atoms with Gasteiger partial charge < -0.3 is 24.2 Å². The summed E-state index contributed by atoms with van der Waals surface area (Å²) in [5, 5.41) is 9.81. The number of ether oxygens (including phenoxy) is 3. The molecule has 0 aliphatic rings. The van der Waals surface area contributed by atoms with Crippen molar-refractivity contribution in [3.8, 4) is 0 Å². The molecule has 3 atom stereocenters. The smallest absolute Gasteiger partial charge is 0.462 e. The lowest BCUT2D eigenvalue weighted by Crippen LogP contribution is -2.30. The number of carbonyl (C=O) groups excluding carboxylic acids is 3. The first-order valence-corrected chi connectivity index (χ1v) is 31.4. The summed E-state index contributed by atoms with van der Waals surface area (Å²) in [7, 11) is -4.75. The molecule has 0 heterocycles. The molecular weight excluding hydrogens is 928 g/mol. The molecule has 11 nitrogen and oxygen atoms in total. The van der Waals surface area contributed by atoms with Crippen LogP contribution in [0.3, 0.4) is 0 Å². The Hall–Kier alpha value is -2.30. The van der Waals surface area contributed by atoms with Gasteiger partial charge in [-0.15, -0.1) is 0 Å². The predicted molar refractivity (Wildman–Crippen MR) is 298 cm³/mol. The number of rotatable bonds is 56. The summed E-state index contributed by atoms with van der Waals surface area (Å²) < 4.78 is 39.6. The summed E-state index contributed by atoms with van der Waals surface area (Å²) >= 11 is 0. The summed E-state index contributed by atoms with van der Waals surface area (Å²) in [6.07, 6.45) is 56.7. The number of phosphoric acid groups is 1. The van der Waals surface area contributed by atoms with E-state index in [-0.39, 0.29) is 25.9 Å². The van der Waals surface area contributed by atoms with E-state index in [9.17, 15) is 28.9 Å². The minimum Gasteiger partial charge on any atom is -0.462 e. The normalized spacial score (nSPS) is 13.6. The van der Waals surface area contributed by atoms with Gasteiger partial charge in [-0.3, -0.25) is 23.4 Å². The van der Waals surface area contributed by atoms with E-state index in [0.717, 1.165) is 89.9 Å². The molecule has 0 aromatic heterocycles. The topological polar surface area (TPSA) is 155 Å². The molecular formula is C60H111O11P. The van der Waals surface area contributed by atoms with Crippen molar-refractivity contribution < 1.29 is 52.2 Å². The zero-order valence-corrected chi connectivity index (χ0v) is 47.6. The number of allylic oxidation sites excluding steroid dienone is 6. The van der Waals surface area contributed by atoms with Crippen LogP contribution in [0.1, 0.15) is 290 Å². The zero-order valence-electron chi connectivity index (χ0n) is 46.7. The van der Waals surface area contributed by atoms with Crippen LogP contribution < -0.4 is 0 Å². The average Bonchev–Trinajstić information content (AvgIpc) is 3.37. The molecule has 0 bridgehead atoms. The summed E-state index contributed by atoms with van der Waals surface area (Å²) in [4.78, 5) is 48.6. The first kappa shape index (κ1) is 69.7. The van der Waals surface area contributed by atoms with Crippen molar-refractivity contribution in [1.29, 1.82) is 0 Å². The van der Waals surface area contributed by atoms with Crippen LogP contribution in [-0.2, 0) is 42.2 Å². The van der Waals surface area contributed by atoms with Gasteiger partial charge in [0.2, 0.25) is 0 Å². The second-order valence-electron chi connectivity index (χ2n) is 20.1. The molecule has 0 saturated heterocycles. The highest BCUT2D eigenvalue weighted by atomic mass is 31.2. The predicted octanol–water partition coefficient (Wildman–Crippen LogP) is 17.6. The van der Waals surface area contributed by atoms with Gasteiger partial charge >= 0.3 is 25.7 Å². The quantitative estimate of drug-likeness (QED) is 0.0197. The number of phosphoric ester groups is 1. The first-order valence-electron chi connectivity index (χ1n) is 29.9. The van der Waals surface area contributed by atoms with Crippen LogP contribution >= 0.6 is 7.82 Å². The Morgan fingerprint density at radius 1 is 0.403 bits per heavy atom. The lowest BCUT2D eigenvalue weighted by Gasteiger charge is -2.21. The van der Waals surface area contributed by atoms with Gasteiger partial charge in [0.25, 0.3) is 0 Å². The van der Waals surface area contributed by atoms with E-state index < -0.39 is 57.8 Å². The number of aliphatic hydroxyl groups is 1. The minimum atomic E-state index is -4.75. The molecule has 0 radical (unpaired) electrons. The van der Waals surface area contributed by atoms with Crippen molar-refractivity contribution in [3.63, 3.8) is 0 Å². The summed E-state index contributed by atoms with van der Waals surface area (Å²) in [5.41, 5.74) is 0. The number of unbranched alkanes of at least 4 members (excludes halogenated alkanes) is 33. The zero-order chi connectivity index (χ0) is 52.7. The second kappa shape index (κ2) is 54.9. The number of hydrogen-bond donors (Lipinski definition) is 2. The number of hydrogen-bond acceptors (Lipinski definition) is 10. The Bertz CT molecular complexity index is 1350. The van der Waals surface area contributed by atoms with E-state index in [1.165, 1.54) is 141 Å². The average molecular weight is 1040 g/mol. The van der Waals surface area contributed by atoms with Gasteiger partial charge in [-0.05, 0) is 51.4 Å². The summed E-state index contributed by atoms with van der Waals surface area (Å²) in [6.45, 7) is 4.56. The highest BCUT2D eigenvalue weighted by molar-refractivity contribution is 7.47. The van der Waals surface area contributed by atoms with E-state index in [0.29, 0.717) is 19.3 Å². The second-order valence-corrected chi connectivity index (χ2v) is 21.6. The van der Waals surface area contributed by atoms with Gasteiger partial charge in [0.05, 0.1) is 19.8 Å². The Kier molecular flexibility index (Phi) is 53.2. The third kappa shape index (κ3) is 52.6. The summed E-state index contributed by atoms with van der Waals surface area (Å²) in [5.74, 6) is -1.46. The monoisotopic (exact) mass is 1040 g/mol. The third-order valence-corrected chi connectivity index (χ3v) is 14.0.